The molecule has 1 aromatic heterocycles. The van der Waals surface area contributed by atoms with Crippen LogP contribution in [0.15, 0.2) is 28.7 Å². The molecule has 0 aliphatic carbocycles. The van der Waals surface area contributed by atoms with Crippen LogP contribution in [0, 0.1) is 0 Å². The van der Waals surface area contributed by atoms with Crippen LogP contribution < -0.4 is 5.32 Å². The Balaban J connectivity index is 2.01. The zero-order valence-corrected chi connectivity index (χ0v) is 11.1. The fraction of sp³-hybridized carbons (Fsp3) is 0.400. The second-order valence-electron chi connectivity index (χ2n) is 4.53. The number of aliphatic carboxylic acids is 1. The van der Waals surface area contributed by atoms with Crippen LogP contribution in [0.1, 0.15) is 31.1 Å². The molecule has 0 aliphatic heterocycles. The van der Waals surface area contributed by atoms with Gasteiger partial charge in [0.05, 0.1) is 0 Å². The number of carbonyl (C=O) groups is 1. The minimum atomic E-state index is -0.746. The summed E-state index contributed by atoms with van der Waals surface area (Å²) in [6.07, 6.45) is 1.72. The van der Waals surface area contributed by atoms with Crippen LogP contribution in [0.3, 0.4) is 0 Å². The van der Waals surface area contributed by atoms with Crippen LogP contribution in [-0.2, 0) is 17.8 Å². The number of aryl methyl sites for hydroxylation is 1. The van der Waals surface area contributed by atoms with Crippen molar-refractivity contribution in [3.63, 3.8) is 0 Å². The molecule has 0 fully saturated rings. The number of para-hydroxylation sites is 1. The van der Waals surface area contributed by atoms with Gasteiger partial charge in [0.2, 0.25) is 0 Å². The fourth-order valence-electron chi connectivity index (χ4n) is 2.21. The van der Waals surface area contributed by atoms with E-state index in [4.69, 9.17) is 9.52 Å². The molecule has 1 aromatic carbocycles. The molecule has 0 amide bonds. The maximum atomic E-state index is 10.4. The highest BCUT2D eigenvalue weighted by atomic mass is 16.4. The average molecular weight is 261 g/mol. The largest absolute Gasteiger partial charge is 0.481 e. The molecule has 1 heterocycles. The Kier molecular flexibility index (Phi) is 4.58. The second kappa shape index (κ2) is 6.38. The van der Waals surface area contributed by atoms with E-state index >= 15 is 0 Å². The predicted molar refractivity (Wildman–Crippen MR) is 74.2 cm³/mol. The summed E-state index contributed by atoms with van der Waals surface area (Å²) < 4.78 is 5.81. The first-order valence-electron chi connectivity index (χ1n) is 6.64. The Morgan fingerprint density at radius 1 is 1.37 bits per heavy atom. The van der Waals surface area contributed by atoms with Crippen molar-refractivity contribution < 1.29 is 14.3 Å². The summed E-state index contributed by atoms with van der Waals surface area (Å²) in [6.45, 7) is 3.50. The highest BCUT2D eigenvalue weighted by molar-refractivity contribution is 5.82. The summed E-state index contributed by atoms with van der Waals surface area (Å²) in [5.41, 5.74) is 2.11. The number of benzene rings is 1. The normalized spacial score (nSPS) is 11.0. The van der Waals surface area contributed by atoms with E-state index in [2.05, 4.69) is 18.3 Å². The number of nitrogens with one attached hydrogen (secondary N) is 1. The molecule has 0 spiro atoms. The van der Waals surface area contributed by atoms with E-state index in [-0.39, 0.29) is 6.42 Å². The Bertz CT molecular complexity index is 560. The quantitative estimate of drug-likeness (QED) is 0.752. The third-order valence-electron chi connectivity index (χ3n) is 3.15. The Morgan fingerprint density at radius 2 is 2.16 bits per heavy atom. The molecule has 4 nitrogen and oxygen atoms in total. The van der Waals surface area contributed by atoms with E-state index < -0.39 is 5.97 Å². The number of carboxylic acids is 1. The summed E-state index contributed by atoms with van der Waals surface area (Å²) >= 11 is 0. The Labute approximate surface area is 112 Å². The number of hydrogen-bond acceptors (Lipinski definition) is 3. The van der Waals surface area contributed by atoms with Gasteiger partial charge in [-0.25, -0.2) is 0 Å². The van der Waals surface area contributed by atoms with Gasteiger partial charge in [0.15, 0.2) is 0 Å². The smallest absolute Gasteiger partial charge is 0.303 e. The van der Waals surface area contributed by atoms with Crippen LogP contribution in [0.5, 0.6) is 0 Å². The SMILES string of the molecule is CCc1oc2ccccc2c1CNCCCC(=O)O. The van der Waals surface area contributed by atoms with Crippen molar-refractivity contribution in [1.29, 1.82) is 0 Å². The molecule has 2 aromatic rings. The fourth-order valence-corrected chi connectivity index (χ4v) is 2.21. The van der Waals surface area contributed by atoms with E-state index in [0.29, 0.717) is 13.0 Å². The molecular weight excluding hydrogens is 242 g/mol. The van der Waals surface area contributed by atoms with Crippen molar-refractivity contribution in [2.24, 2.45) is 0 Å². The monoisotopic (exact) mass is 261 g/mol. The van der Waals surface area contributed by atoms with Crippen LogP contribution >= 0.6 is 0 Å². The molecule has 19 heavy (non-hydrogen) atoms. The molecule has 0 saturated heterocycles. The second-order valence-corrected chi connectivity index (χ2v) is 4.53. The number of furan rings is 1. The van der Waals surface area contributed by atoms with Crippen molar-refractivity contribution in [3.8, 4) is 0 Å². The number of fused-ring (bicyclic) bond motifs is 1. The minimum Gasteiger partial charge on any atom is -0.481 e. The van der Waals surface area contributed by atoms with Crippen molar-refractivity contribution in [2.45, 2.75) is 32.7 Å². The first-order chi connectivity index (χ1) is 9.22. The molecule has 2 rings (SSSR count). The van der Waals surface area contributed by atoms with Gasteiger partial charge in [0, 0.05) is 30.3 Å². The van der Waals surface area contributed by atoms with Gasteiger partial charge >= 0.3 is 5.97 Å². The van der Waals surface area contributed by atoms with E-state index in [1.807, 2.05) is 18.2 Å². The van der Waals surface area contributed by atoms with Gasteiger partial charge in [-0.2, -0.15) is 0 Å². The van der Waals surface area contributed by atoms with Gasteiger partial charge < -0.3 is 14.8 Å². The molecule has 0 unspecified atom stereocenters. The lowest BCUT2D eigenvalue weighted by molar-refractivity contribution is -0.137. The molecule has 2 N–H and O–H groups in total. The summed E-state index contributed by atoms with van der Waals surface area (Å²) in [5.74, 6) is 0.261. The summed E-state index contributed by atoms with van der Waals surface area (Å²) in [7, 11) is 0. The van der Waals surface area contributed by atoms with Gasteiger partial charge in [0.1, 0.15) is 11.3 Å². The van der Waals surface area contributed by atoms with Crippen molar-refractivity contribution in [2.75, 3.05) is 6.54 Å². The van der Waals surface area contributed by atoms with Crippen LogP contribution in [0.4, 0.5) is 0 Å². The van der Waals surface area contributed by atoms with Gasteiger partial charge in [-0.05, 0) is 19.0 Å². The summed E-state index contributed by atoms with van der Waals surface area (Å²) in [6, 6.07) is 8.01. The molecule has 102 valence electrons. The van der Waals surface area contributed by atoms with E-state index in [0.717, 1.165) is 29.7 Å². The van der Waals surface area contributed by atoms with E-state index in [1.165, 1.54) is 5.56 Å². The van der Waals surface area contributed by atoms with Crippen LogP contribution in [-0.4, -0.2) is 17.6 Å². The maximum absolute atomic E-state index is 10.4. The Morgan fingerprint density at radius 3 is 2.89 bits per heavy atom. The van der Waals surface area contributed by atoms with E-state index in [1.54, 1.807) is 0 Å². The van der Waals surface area contributed by atoms with Gasteiger partial charge in [-0.1, -0.05) is 25.1 Å². The highest BCUT2D eigenvalue weighted by Crippen LogP contribution is 2.26. The molecule has 0 aliphatic rings. The van der Waals surface area contributed by atoms with Crippen LogP contribution in [0.2, 0.25) is 0 Å². The highest BCUT2D eigenvalue weighted by Gasteiger charge is 2.11. The number of rotatable bonds is 7. The predicted octanol–water partition coefficient (Wildman–Crippen LogP) is 2.95. The van der Waals surface area contributed by atoms with Gasteiger partial charge in [-0.3, -0.25) is 4.79 Å². The molecule has 0 saturated carbocycles. The van der Waals surface area contributed by atoms with Gasteiger partial charge in [0.25, 0.3) is 0 Å². The molecule has 0 radical (unpaired) electrons. The zero-order chi connectivity index (χ0) is 13.7. The lowest BCUT2D eigenvalue weighted by Gasteiger charge is -2.04. The number of hydrogen-bond donors (Lipinski definition) is 2. The van der Waals surface area contributed by atoms with Crippen molar-refractivity contribution >= 4 is 16.9 Å². The Hall–Kier alpha value is -1.81. The topological polar surface area (TPSA) is 62.5 Å². The minimum absolute atomic E-state index is 0.208. The molecule has 0 atom stereocenters. The first-order valence-corrected chi connectivity index (χ1v) is 6.64. The van der Waals surface area contributed by atoms with Crippen molar-refractivity contribution in [1.82, 2.24) is 5.32 Å². The van der Waals surface area contributed by atoms with Gasteiger partial charge in [-0.15, -0.1) is 0 Å². The lowest BCUT2D eigenvalue weighted by Crippen LogP contribution is -2.16. The zero-order valence-electron chi connectivity index (χ0n) is 11.1. The third-order valence-corrected chi connectivity index (χ3v) is 3.15. The average Bonchev–Trinajstić information content (AvgIpc) is 2.76. The summed E-state index contributed by atoms with van der Waals surface area (Å²) in [4.78, 5) is 10.4. The standard InChI is InChI=1S/C15H19NO3/c1-2-13-12(10-16-9-5-8-15(17)18)11-6-3-4-7-14(11)19-13/h3-4,6-7,16H,2,5,8-10H2,1H3,(H,17,18). The molecule has 4 heteroatoms. The van der Waals surface area contributed by atoms with E-state index in [9.17, 15) is 4.79 Å². The maximum Gasteiger partial charge on any atom is 0.303 e. The number of carboxylic acid groups (broad SMARTS) is 1. The van der Waals surface area contributed by atoms with Crippen LogP contribution in [0.25, 0.3) is 11.0 Å². The van der Waals surface area contributed by atoms with Crippen molar-refractivity contribution in [3.05, 3.63) is 35.6 Å². The first kappa shape index (κ1) is 13.6. The molecule has 0 bridgehead atoms. The lowest BCUT2D eigenvalue weighted by atomic mass is 10.1. The summed E-state index contributed by atoms with van der Waals surface area (Å²) in [5, 5.41) is 13.0. The molecular formula is C15H19NO3. The third kappa shape index (κ3) is 3.35.